The van der Waals surface area contributed by atoms with E-state index >= 15 is 0 Å². The van der Waals surface area contributed by atoms with Crippen LogP contribution in [0.15, 0.2) is 40.8 Å². The minimum atomic E-state index is -0.225. The minimum Gasteiger partial charge on any atom is -0.341 e. The summed E-state index contributed by atoms with van der Waals surface area (Å²) in [4.78, 5) is 16.3. The molecule has 1 aromatic carbocycles. The van der Waals surface area contributed by atoms with Crippen LogP contribution in [0.1, 0.15) is 18.5 Å². The second-order valence-corrected chi connectivity index (χ2v) is 5.57. The van der Waals surface area contributed by atoms with Crippen LogP contribution in [0.25, 0.3) is 11.2 Å². The predicted octanol–water partition coefficient (Wildman–Crippen LogP) is 2.92. The first-order chi connectivity index (χ1) is 10.2. The molecule has 0 aliphatic carbocycles. The molecule has 0 aliphatic rings. The van der Waals surface area contributed by atoms with Gasteiger partial charge in [0.25, 0.3) is 0 Å². The van der Waals surface area contributed by atoms with Gasteiger partial charge in [0.05, 0.1) is 6.33 Å². The molecule has 0 bridgehead atoms. The van der Waals surface area contributed by atoms with Gasteiger partial charge >= 0.3 is 0 Å². The van der Waals surface area contributed by atoms with Gasteiger partial charge in [-0.25, -0.2) is 19.3 Å². The molecule has 2 heterocycles. The highest BCUT2D eigenvalue weighted by atomic mass is 32.2. The van der Waals surface area contributed by atoms with E-state index < -0.39 is 0 Å². The average molecular weight is 303 g/mol. The van der Waals surface area contributed by atoms with E-state index in [0.29, 0.717) is 11.2 Å². The van der Waals surface area contributed by atoms with Crippen molar-refractivity contribution in [3.63, 3.8) is 0 Å². The van der Waals surface area contributed by atoms with Gasteiger partial charge < -0.3 is 10.3 Å². The van der Waals surface area contributed by atoms with E-state index in [0.717, 1.165) is 15.4 Å². The maximum Gasteiger partial charge on any atom is 0.181 e. The first kappa shape index (κ1) is 14.0. The molecular weight excluding hydrogens is 289 g/mol. The fourth-order valence-corrected chi connectivity index (χ4v) is 3.19. The van der Waals surface area contributed by atoms with Gasteiger partial charge in [-0.1, -0.05) is 17.8 Å². The van der Waals surface area contributed by atoms with E-state index in [1.54, 1.807) is 12.4 Å². The summed E-state index contributed by atoms with van der Waals surface area (Å²) in [7, 11) is 1.81. The van der Waals surface area contributed by atoms with E-state index in [1.165, 1.54) is 24.2 Å². The molecular formula is C14H14FN5S. The Bertz CT molecular complexity index is 773. The first-order valence-corrected chi connectivity index (χ1v) is 7.30. The number of imidazole rings is 1. The Labute approximate surface area is 125 Å². The summed E-state index contributed by atoms with van der Waals surface area (Å²) in [6, 6.07) is 4.97. The van der Waals surface area contributed by atoms with Crippen molar-refractivity contribution in [1.29, 1.82) is 0 Å². The van der Waals surface area contributed by atoms with Crippen LogP contribution in [0.5, 0.6) is 0 Å². The number of aromatic amines is 1. The largest absolute Gasteiger partial charge is 0.341 e. The molecule has 2 N–H and O–H groups in total. The van der Waals surface area contributed by atoms with E-state index in [2.05, 4.69) is 25.3 Å². The number of nitrogens with one attached hydrogen (secondary N) is 2. The Morgan fingerprint density at radius 2 is 2.14 bits per heavy atom. The van der Waals surface area contributed by atoms with Crippen molar-refractivity contribution < 1.29 is 4.39 Å². The molecule has 5 nitrogen and oxygen atoms in total. The average Bonchev–Trinajstić information content (AvgIpc) is 2.96. The molecule has 1 atom stereocenters. The molecule has 0 fully saturated rings. The quantitative estimate of drug-likeness (QED) is 0.725. The Balaban J connectivity index is 2.06. The Morgan fingerprint density at radius 1 is 1.29 bits per heavy atom. The van der Waals surface area contributed by atoms with Crippen molar-refractivity contribution in [3.8, 4) is 0 Å². The van der Waals surface area contributed by atoms with Crippen LogP contribution in [0.2, 0.25) is 0 Å². The summed E-state index contributed by atoms with van der Waals surface area (Å²) in [5, 5.41) is 3.80. The summed E-state index contributed by atoms with van der Waals surface area (Å²) >= 11 is 1.40. The van der Waals surface area contributed by atoms with E-state index in [4.69, 9.17) is 0 Å². The SMILES string of the molecule is CNC(C)c1c(F)cccc1Sc1ncnc2nc[nH]c12. The standard InChI is InChI=1S/C14H14FN5S/c1-8(16-2)11-9(15)4-3-5-10(11)21-14-12-13(18-6-17-12)19-7-20-14/h3-8,16H,1-2H3,(H,17,18,19,20). The number of halogens is 1. The lowest BCUT2D eigenvalue weighted by atomic mass is 10.1. The van der Waals surface area contributed by atoms with Gasteiger partial charge in [-0.2, -0.15) is 0 Å². The third kappa shape index (κ3) is 2.62. The second kappa shape index (κ2) is 5.79. The highest BCUT2D eigenvalue weighted by molar-refractivity contribution is 7.99. The van der Waals surface area contributed by atoms with Crippen molar-refractivity contribution in [2.45, 2.75) is 22.9 Å². The third-order valence-corrected chi connectivity index (χ3v) is 4.35. The Kier molecular flexibility index (Phi) is 3.85. The van der Waals surface area contributed by atoms with Crippen molar-refractivity contribution in [1.82, 2.24) is 25.3 Å². The lowest BCUT2D eigenvalue weighted by Crippen LogP contribution is -2.15. The van der Waals surface area contributed by atoms with Crippen LogP contribution in [0.3, 0.4) is 0 Å². The van der Waals surface area contributed by atoms with Crippen LogP contribution >= 0.6 is 11.8 Å². The number of rotatable bonds is 4. The summed E-state index contributed by atoms with van der Waals surface area (Å²) < 4.78 is 14.1. The van der Waals surface area contributed by atoms with Crippen LogP contribution < -0.4 is 5.32 Å². The molecule has 0 aliphatic heterocycles. The molecule has 7 heteroatoms. The lowest BCUT2D eigenvalue weighted by molar-refractivity contribution is 0.552. The molecule has 2 aromatic heterocycles. The Morgan fingerprint density at radius 3 is 2.95 bits per heavy atom. The molecule has 0 spiro atoms. The second-order valence-electron chi connectivity index (χ2n) is 4.54. The molecule has 0 saturated heterocycles. The highest BCUT2D eigenvalue weighted by Gasteiger charge is 2.17. The number of fused-ring (bicyclic) bond motifs is 1. The summed E-state index contributed by atoms with van der Waals surface area (Å²) in [5.74, 6) is -0.225. The number of hydrogen-bond donors (Lipinski definition) is 2. The zero-order valence-corrected chi connectivity index (χ0v) is 12.4. The Hall–Kier alpha value is -1.99. The molecule has 108 valence electrons. The smallest absolute Gasteiger partial charge is 0.181 e. The maximum atomic E-state index is 14.1. The van der Waals surface area contributed by atoms with Crippen molar-refractivity contribution in [2.24, 2.45) is 0 Å². The van der Waals surface area contributed by atoms with Crippen molar-refractivity contribution >= 4 is 22.9 Å². The van der Waals surface area contributed by atoms with E-state index in [1.807, 2.05) is 20.0 Å². The van der Waals surface area contributed by atoms with Gasteiger partial charge in [0.15, 0.2) is 5.65 Å². The fourth-order valence-electron chi connectivity index (χ4n) is 2.10. The topological polar surface area (TPSA) is 66.5 Å². The zero-order chi connectivity index (χ0) is 14.8. The lowest BCUT2D eigenvalue weighted by Gasteiger charge is -2.16. The number of aromatic nitrogens is 4. The fraction of sp³-hybridized carbons (Fsp3) is 0.214. The number of hydrogen-bond acceptors (Lipinski definition) is 5. The van der Waals surface area contributed by atoms with Crippen LogP contribution in [0.4, 0.5) is 4.39 Å². The number of nitrogens with zero attached hydrogens (tertiary/aromatic N) is 3. The normalized spacial score (nSPS) is 12.7. The number of H-pyrrole nitrogens is 1. The monoisotopic (exact) mass is 303 g/mol. The predicted molar refractivity (Wildman–Crippen MR) is 79.7 cm³/mol. The van der Waals surface area contributed by atoms with Crippen molar-refractivity contribution in [3.05, 3.63) is 42.2 Å². The van der Waals surface area contributed by atoms with Crippen LogP contribution in [-0.4, -0.2) is 27.0 Å². The molecule has 21 heavy (non-hydrogen) atoms. The van der Waals surface area contributed by atoms with Gasteiger partial charge in [-0.15, -0.1) is 0 Å². The van der Waals surface area contributed by atoms with Gasteiger partial charge in [0.1, 0.15) is 22.7 Å². The highest BCUT2D eigenvalue weighted by Crippen LogP contribution is 2.35. The molecule has 1 unspecified atom stereocenters. The summed E-state index contributed by atoms with van der Waals surface area (Å²) in [6.45, 7) is 1.92. The first-order valence-electron chi connectivity index (χ1n) is 6.48. The van der Waals surface area contributed by atoms with Gasteiger partial charge in [0.2, 0.25) is 0 Å². The van der Waals surface area contributed by atoms with Gasteiger partial charge in [-0.3, -0.25) is 0 Å². The van der Waals surface area contributed by atoms with Crippen molar-refractivity contribution in [2.75, 3.05) is 7.05 Å². The molecule has 0 amide bonds. The summed E-state index contributed by atoms with van der Waals surface area (Å²) in [5.41, 5.74) is 2.00. The maximum absolute atomic E-state index is 14.1. The van der Waals surface area contributed by atoms with Gasteiger partial charge in [-0.05, 0) is 26.1 Å². The summed E-state index contributed by atoms with van der Waals surface area (Å²) in [6.07, 6.45) is 3.04. The van der Waals surface area contributed by atoms with Gasteiger partial charge in [0, 0.05) is 16.5 Å². The zero-order valence-electron chi connectivity index (χ0n) is 11.6. The van der Waals surface area contributed by atoms with E-state index in [-0.39, 0.29) is 11.9 Å². The molecule has 0 saturated carbocycles. The molecule has 3 aromatic rings. The van der Waals surface area contributed by atoms with Crippen LogP contribution in [-0.2, 0) is 0 Å². The number of benzene rings is 1. The van der Waals surface area contributed by atoms with E-state index in [9.17, 15) is 4.39 Å². The molecule has 3 rings (SSSR count). The minimum absolute atomic E-state index is 0.0900. The van der Waals surface area contributed by atoms with Crippen LogP contribution in [0, 0.1) is 5.82 Å². The third-order valence-electron chi connectivity index (χ3n) is 3.27. The molecule has 0 radical (unpaired) electrons.